The Labute approximate surface area is 158 Å². The second-order valence-corrected chi connectivity index (χ2v) is 6.59. The Bertz CT molecular complexity index is 878. The molecule has 11 heteroatoms. The third-order valence-electron chi connectivity index (χ3n) is 3.96. The maximum Gasteiger partial charge on any atom is 0.289 e. The molecule has 2 aromatic rings. The van der Waals surface area contributed by atoms with Gasteiger partial charge in [-0.25, -0.2) is 4.98 Å². The Balaban J connectivity index is 1.64. The average Bonchev–Trinajstić information content (AvgIpc) is 3.16. The molecule has 0 atom stereocenters. The first-order chi connectivity index (χ1) is 13.0. The lowest BCUT2D eigenvalue weighted by Gasteiger charge is -2.25. The van der Waals surface area contributed by atoms with Crippen LogP contribution in [-0.2, 0) is 4.74 Å². The van der Waals surface area contributed by atoms with Gasteiger partial charge >= 0.3 is 0 Å². The molecule has 10 nitrogen and oxygen atoms in total. The lowest BCUT2D eigenvalue weighted by atomic mass is 10.1. The smallest absolute Gasteiger partial charge is 0.289 e. The summed E-state index contributed by atoms with van der Waals surface area (Å²) >= 11 is 1.32. The van der Waals surface area contributed by atoms with Gasteiger partial charge in [0, 0.05) is 24.0 Å². The molecular formula is C16H17N5O5S. The third-order valence-corrected chi connectivity index (χ3v) is 4.86. The van der Waals surface area contributed by atoms with Gasteiger partial charge in [-0.2, -0.15) is 0 Å². The Morgan fingerprint density at radius 3 is 2.67 bits per heavy atom. The van der Waals surface area contributed by atoms with Crippen LogP contribution in [0.2, 0.25) is 0 Å². The standard InChI is InChI=1S/C16H17N5O5S/c1-10-3-2-4-11(13(10)21(24)25)14(22)18-19-15(23)12-9-27-16(17-12)20-5-7-26-8-6-20/h2-4,9H,5-8H2,1H3,(H,18,22)(H,19,23). The first kappa shape index (κ1) is 18.7. The number of nitro benzene ring substituents is 1. The Kier molecular flexibility index (Phi) is 5.62. The van der Waals surface area contributed by atoms with E-state index in [2.05, 4.69) is 15.8 Å². The number of para-hydroxylation sites is 1. The van der Waals surface area contributed by atoms with Crippen molar-refractivity contribution >= 4 is 34.0 Å². The minimum Gasteiger partial charge on any atom is -0.378 e. The van der Waals surface area contributed by atoms with E-state index in [1.54, 1.807) is 5.38 Å². The first-order valence-corrected chi connectivity index (χ1v) is 8.98. The molecule has 0 aliphatic carbocycles. The second-order valence-electron chi connectivity index (χ2n) is 5.75. The molecule has 1 aromatic carbocycles. The Morgan fingerprint density at radius 1 is 1.26 bits per heavy atom. The number of morpholine rings is 1. The van der Waals surface area contributed by atoms with Crippen LogP contribution in [0.25, 0.3) is 0 Å². The van der Waals surface area contributed by atoms with Crippen molar-refractivity contribution in [3.8, 4) is 0 Å². The number of rotatable bonds is 4. The van der Waals surface area contributed by atoms with E-state index in [1.165, 1.54) is 36.5 Å². The van der Waals surface area contributed by atoms with E-state index in [4.69, 9.17) is 4.74 Å². The number of carbonyl (C=O) groups is 2. The molecule has 3 rings (SSSR count). The molecule has 0 spiro atoms. The predicted octanol–water partition coefficient (Wildman–Crippen LogP) is 1.27. The molecule has 2 N–H and O–H groups in total. The summed E-state index contributed by atoms with van der Waals surface area (Å²) in [5, 5.41) is 13.5. The highest BCUT2D eigenvalue weighted by atomic mass is 32.1. The number of ether oxygens (including phenoxy) is 1. The fourth-order valence-corrected chi connectivity index (χ4v) is 3.46. The molecule has 2 heterocycles. The molecule has 2 amide bonds. The lowest BCUT2D eigenvalue weighted by Crippen LogP contribution is -2.42. The number of benzene rings is 1. The number of thiazole rings is 1. The SMILES string of the molecule is Cc1cccc(C(=O)NNC(=O)c2csc(N3CCOCC3)n2)c1[N+](=O)[O-]. The first-order valence-electron chi connectivity index (χ1n) is 8.10. The van der Waals surface area contributed by atoms with Crippen LogP contribution in [0.1, 0.15) is 26.4 Å². The summed E-state index contributed by atoms with van der Waals surface area (Å²) in [4.78, 5) is 41.3. The lowest BCUT2D eigenvalue weighted by molar-refractivity contribution is -0.385. The van der Waals surface area contributed by atoms with E-state index < -0.39 is 16.7 Å². The molecule has 142 valence electrons. The molecule has 0 saturated carbocycles. The van der Waals surface area contributed by atoms with Crippen LogP contribution in [0.4, 0.5) is 10.8 Å². The summed E-state index contributed by atoms with van der Waals surface area (Å²) in [5.41, 5.74) is 4.51. The van der Waals surface area contributed by atoms with Crippen molar-refractivity contribution in [2.45, 2.75) is 6.92 Å². The van der Waals surface area contributed by atoms with Gasteiger partial charge in [0.15, 0.2) is 5.13 Å². The third kappa shape index (κ3) is 4.20. The predicted molar refractivity (Wildman–Crippen MR) is 97.9 cm³/mol. The van der Waals surface area contributed by atoms with Crippen LogP contribution in [0.15, 0.2) is 23.6 Å². The molecule has 1 aromatic heterocycles. The monoisotopic (exact) mass is 391 g/mol. The molecule has 0 unspecified atom stereocenters. The van der Waals surface area contributed by atoms with Crippen LogP contribution in [0.3, 0.4) is 0 Å². The van der Waals surface area contributed by atoms with E-state index in [0.29, 0.717) is 37.0 Å². The van der Waals surface area contributed by atoms with Gasteiger partial charge in [0.2, 0.25) is 0 Å². The van der Waals surface area contributed by atoms with Crippen molar-refractivity contribution in [3.63, 3.8) is 0 Å². The summed E-state index contributed by atoms with van der Waals surface area (Å²) < 4.78 is 5.28. The van der Waals surface area contributed by atoms with Gasteiger partial charge in [-0.05, 0) is 13.0 Å². The summed E-state index contributed by atoms with van der Waals surface area (Å²) in [5.74, 6) is -1.38. The van der Waals surface area contributed by atoms with E-state index in [9.17, 15) is 19.7 Å². The zero-order chi connectivity index (χ0) is 19.4. The Morgan fingerprint density at radius 2 is 1.96 bits per heavy atom. The van der Waals surface area contributed by atoms with Crippen molar-refractivity contribution < 1.29 is 19.2 Å². The van der Waals surface area contributed by atoms with Crippen LogP contribution in [0, 0.1) is 17.0 Å². The van der Waals surface area contributed by atoms with Crippen LogP contribution >= 0.6 is 11.3 Å². The highest BCUT2D eigenvalue weighted by Gasteiger charge is 2.23. The van der Waals surface area contributed by atoms with Crippen molar-refractivity contribution in [1.29, 1.82) is 0 Å². The van der Waals surface area contributed by atoms with Crippen molar-refractivity contribution in [2.75, 3.05) is 31.2 Å². The summed E-state index contributed by atoms with van der Waals surface area (Å²) in [6, 6.07) is 4.40. The average molecular weight is 391 g/mol. The van der Waals surface area contributed by atoms with Crippen LogP contribution in [-0.4, -0.2) is 48.0 Å². The number of hydrogen-bond donors (Lipinski definition) is 2. The van der Waals surface area contributed by atoms with Gasteiger partial charge in [0.05, 0.1) is 18.1 Å². The number of nitrogens with zero attached hydrogens (tertiary/aromatic N) is 3. The highest BCUT2D eigenvalue weighted by molar-refractivity contribution is 7.13. The minimum atomic E-state index is -0.776. The van der Waals surface area contributed by atoms with Crippen LogP contribution < -0.4 is 15.8 Å². The number of hydrogen-bond acceptors (Lipinski definition) is 8. The zero-order valence-electron chi connectivity index (χ0n) is 14.4. The molecule has 0 radical (unpaired) electrons. The molecule has 1 aliphatic heterocycles. The maximum atomic E-state index is 12.2. The van der Waals surface area contributed by atoms with Gasteiger partial charge in [0.25, 0.3) is 17.5 Å². The molecular weight excluding hydrogens is 374 g/mol. The van der Waals surface area contributed by atoms with E-state index in [-0.39, 0.29) is 16.9 Å². The fraction of sp³-hybridized carbons (Fsp3) is 0.312. The van der Waals surface area contributed by atoms with Crippen molar-refractivity contribution in [3.05, 3.63) is 50.5 Å². The maximum absolute atomic E-state index is 12.2. The zero-order valence-corrected chi connectivity index (χ0v) is 15.2. The minimum absolute atomic E-state index is 0.132. The van der Waals surface area contributed by atoms with Crippen LogP contribution in [0.5, 0.6) is 0 Å². The summed E-state index contributed by atoms with van der Waals surface area (Å²) in [6.45, 7) is 4.14. The highest BCUT2D eigenvalue weighted by Crippen LogP contribution is 2.23. The molecule has 1 saturated heterocycles. The quantitative estimate of drug-likeness (QED) is 0.593. The van der Waals surface area contributed by atoms with Crippen molar-refractivity contribution in [1.82, 2.24) is 15.8 Å². The molecule has 1 aliphatic rings. The van der Waals surface area contributed by atoms with Gasteiger partial charge < -0.3 is 9.64 Å². The number of nitro groups is 1. The number of carbonyl (C=O) groups excluding carboxylic acids is 2. The molecule has 27 heavy (non-hydrogen) atoms. The number of amides is 2. The number of aryl methyl sites for hydroxylation is 1. The molecule has 0 bridgehead atoms. The van der Waals surface area contributed by atoms with Gasteiger partial charge in [-0.1, -0.05) is 12.1 Å². The number of aromatic nitrogens is 1. The number of nitrogens with one attached hydrogen (secondary N) is 2. The fourth-order valence-electron chi connectivity index (χ4n) is 2.60. The van der Waals surface area contributed by atoms with Gasteiger partial charge in [-0.3, -0.25) is 30.6 Å². The van der Waals surface area contributed by atoms with Gasteiger partial charge in [0.1, 0.15) is 11.3 Å². The van der Waals surface area contributed by atoms with E-state index in [0.717, 1.165) is 0 Å². The van der Waals surface area contributed by atoms with Gasteiger partial charge in [-0.15, -0.1) is 11.3 Å². The molecule has 1 fully saturated rings. The normalized spacial score (nSPS) is 13.9. The van der Waals surface area contributed by atoms with E-state index >= 15 is 0 Å². The van der Waals surface area contributed by atoms with E-state index in [1.807, 2.05) is 4.90 Å². The largest absolute Gasteiger partial charge is 0.378 e. The summed E-state index contributed by atoms with van der Waals surface area (Å²) in [6.07, 6.45) is 0. The second kappa shape index (κ2) is 8.10. The summed E-state index contributed by atoms with van der Waals surface area (Å²) in [7, 11) is 0. The number of anilines is 1. The Hall–Kier alpha value is -3.05. The number of hydrazine groups is 1. The topological polar surface area (TPSA) is 127 Å². The van der Waals surface area contributed by atoms with Crippen molar-refractivity contribution in [2.24, 2.45) is 0 Å².